The third-order valence-electron chi connectivity index (χ3n) is 2.07. The van der Waals surface area contributed by atoms with Crippen LogP contribution in [0.1, 0.15) is 12.6 Å². The van der Waals surface area contributed by atoms with Crippen molar-refractivity contribution < 1.29 is 4.42 Å². The molecule has 0 bridgehead atoms. The van der Waals surface area contributed by atoms with Crippen molar-refractivity contribution in [3.8, 4) is 11.6 Å². The molecule has 2 aromatic heterocycles. The molecule has 84 valence electrons. The number of anilines is 1. The maximum atomic E-state index is 5.83. The number of aromatic nitrogens is 2. The minimum atomic E-state index is 0.495. The molecule has 0 fully saturated rings. The Bertz CT molecular complexity index is 527. The molecule has 0 aromatic carbocycles. The van der Waals surface area contributed by atoms with Crippen molar-refractivity contribution >= 4 is 44.3 Å². The van der Waals surface area contributed by atoms with Crippen molar-refractivity contribution in [1.29, 1.82) is 0 Å². The van der Waals surface area contributed by atoms with E-state index in [1.54, 1.807) is 6.07 Å². The molecule has 4 nitrogen and oxygen atoms in total. The van der Waals surface area contributed by atoms with Crippen LogP contribution in [0.4, 0.5) is 5.82 Å². The van der Waals surface area contributed by atoms with Gasteiger partial charge in [-0.05, 0) is 57.1 Å². The summed E-state index contributed by atoms with van der Waals surface area (Å²) in [5.41, 5.74) is 6.77. The number of hydrogen-bond donors (Lipinski definition) is 1. The first-order chi connectivity index (χ1) is 7.61. The Balaban J connectivity index is 2.54. The van der Waals surface area contributed by atoms with Gasteiger partial charge in [-0.25, -0.2) is 9.97 Å². The predicted octanol–water partition coefficient (Wildman–Crippen LogP) is 3.25. The van der Waals surface area contributed by atoms with Gasteiger partial charge in [-0.15, -0.1) is 0 Å². The molecule has 0 unspecified atom stereocenters. The Hall–Kier alpha value is -0.630. The lowest BCUT2D eigenvalue weighted by atomic mass is 10.3. The highest BCUT2D eigenvalue weighted by Gasteiger charge is 2.12. The summed E-state index contributed by atoms with van der Waals surface area (Å²) in [6, 6.07) is 3.61. The topological polar surface area (TPSA) is 64.9 Å². The predicted molar refractivity (Wildman–Crippen MR) is 73.9 cm³/mol. The summed E-state index contributed by atoms with van der Waals surface area (Å²) in [4.78, 5) is 8.63. The first-order valence-corrected chi connectivity index (χ1v) is 6.56. The van der Waals surface area contributed by atoms with Crippen LogP contribution >= 0.6 is 38.5 Å². The monoisotopic (exact) mass is 393 g/mol. The number of nitrogens with zero attached hydrogens (tertiary/aromatic N) is 2. The number of halogens is 2. The second-order valence-electron chi connectivity index (χ2n) is 3.15. The Morgan fingerprint density at radius 1 is 1.44 bits per heavy atom. The van der Waals surface area contributed by atoms with Crippen LogP contribution < -0.4 is 5.73 Å². The zero-order valence-electron chi connectivity index (χ0n) is 8.50. The summed E-state index contributed by atoms with van der Waals surface area (Å²) in [7, 11) is 0. The second kappa shape index (κ2) is 4.70. The summed E-state index contributed by atoms with van der Waals surface area (Å²) < 4.78 is 6.96. The third kappa shape index (κ3) is 2.22. The molecule has 2 rings (SSSR count). The number of aryl methyl sites for hydroxylation is 1. The van der Waals surface area contributed by atoms with E-state index in [2.05, 4.69) is 48.5 Å². The Kier molecular flexibility index (Phi) is 3.48. The van der Waals surface area contributed by atoms with Crippen molar-refractivity contribution in [1.82, 2.24) is 9.97 Å². The van der Waals surface area contributed by atoms with Gasteiger partial charge in [-0.1, -0.05) is 6.92 Å². The fourth-order valence-electron chi connectivity index (χ4n) is 1.29. The van der Waals surface area contributed by atoms with Gasteiger partial charge >= 0.3 is 0 Å². The molecule has 0 aliphatic heterocycles. The Morgan fingerprint density at radius 3 is 2.75 bits per heavy atom. The van der Waals surface area contributed by atoms with Crippen molar-refractivity contribution in [3.63, 3.8) is 0 Å². The number of rotatable bonds is 2. The minimum Gasteiger partial charge on any atom is -0.446 e. The SMILES string of the molecule is CCc1nc(-c2ccc(Br)o2)nc(N)c1I. The van der Waals surface area contributed by atoms with Crippen molar-refractivity contribution in [2.24, 2.45) is 0 Å². The van der Waals surface area contributed by atoms with Crippen molar-refractivity contribution in [3.05, 3.63) is 26.1 Å². The van der Waals surface area contributed by atoms with E-state index in [0.717, 1.165) is 15.7 Å². The van der Waals surface area contributed by atoms with Gasteiger partial charge in [0.1, 0.15) is 5.82 Å². The zero-order chi connectivity index (χ0) is 11.7. The second-order valence-corrected chi connectivity index (χ2v) is 5.01. The summed E-state index contributed by atoms with van der Waals surface area (Å²) in [5.74, 6) is 1.64. The normalized spacial score (nSPS) is 10.7. The van der Waals surface area contributed by atoms with Crippen molar-refractivity contribution in [2.75, 3.05) is 5.73 Å². The average Bonchev–Trinajstić information content (AvgIpc) is 2.69. The zero-order valence-corrected chi connectivity index (χ0v) is 12.2. The lowest BCUT2D eigenvalue weighted by Crippen LogP contribution is -2.03. The van der Waals surface area contributed by atoms with Crippen LogP contribution in [-0.2, 0) is 6.42 Å². The molecule has 6 heteroatoms. The van der Waals surface area contributed by atoms with Crippen LogP contribution in [0.5, 0.6) is 0 Å². The van der Waals surface area contributed by atoms with Crippen LogP contribution in [0.3, 0.4) is 0 Å². The first-order valence-electron chi connectivity index (χ1n) is 4.69. The molecular formula is C10H9BrIN3O. The van der Waals surface area contributed by atoms with Gasteiger partial charge < -0.3 is 10.2 Å². The lowest BCUT2D eigenvalue weighted by molar-refractivity contribution is 0.551. The maximum Gasteiger partial charge on any atom is 0.197 e. The highest BCUT2D eigenvalue weighted by atomic mass is 127. The van der Waals surface area contributed by atoms with E-state index in [1.807, 2.05) is 13.0 Å². The molecule has 0 aliphatic rings. The molecule has 0 spiro atoms. The standard InChI is InChI=1S/C10H9BrIN3O/c1-2-5-8(12)9(13)15-10(14-5)6-3-4-7(11)16-6/h3-4H,2H2,1H3,(H2,13,14,15). The van der Waals surface area contributed by atoms with Crippen LogP contribution in [0, 0.1) is 3.57 Å². The van der Waals surface area contributed by atoms with Gasteiger partial charge in [-0.2, -0.15) is 0 Å². The van der Waals surface area contributed by atoms with E-state index in [4.69, 9.17) is 10.2 Å². The molecule has 2 heterocycles. The number of hydrogen-bond acceptors (Lipinski definition) is 4. The highest BCUT2D eigenvalue weighted by Crippen LogP contribution is 2.25. The minimum absolute atomic E-state index is 0.495. The smallest absolute Gasteiger partial charge is 0.197 e. The number of furan rings is 1. The first kappa shape index (κ1) is 11.8. The molecule has 0 atom stereocenters. The number of nitrogens with two attached hydrogens (primary N) is 1. The summed E-state index contributed by atoms with van der Waals surface area (Å²) in [6.45, 7) is 2.03. The molecule has 0 radical (unpaired) electrons. The molecule has 0 saturated carbocycles. The summed E-state index contributed by atoms with van der Waals surface area (Å²) in [5, 5.41) is 0. The lowest BCUT2D eigenvalue weighted by Gasteiger charge is -2.05. The average molecular weight is 394 g/mol. The fourth-order valence-corrected chi connectivity index (χ4v) is 2.22. The third-order valence-corrected chi connectivity index (χ3v) is 3.68. The largest absolute Gasteiger partial charge is 0.446 e. The van der Waals surface area contributed by atoms with Crippen LogP contribution in [0.15, 0.2) is 21.2 Å². The molecule has 0 amide bonds. The van der Waals surface area contributed by atoms with Crippen LogP contribution in [-0.4, -0.2) is 9.97 Å². The molecule has 2 aromatic rings. The number of nitrogen functional groups attached to an aromatic ring is 1. The molecule has 16 heavy (non-hydrogen) atoms. The Labute approximate surface area is 115 Å². The van der Waals surface area contributed by atoms with Gasteiger partial charge in [0.25, 0.3) is 0 Å². The van der Waals surface area contributed by atoms with Gasteiger partial charge in [-0.3, -0.25) is 0 Å². The molecular weight excluding hydrogens is 385 g/mol. The van der Waals surface area contributed by atoms with Crippen LogP contribution in [0.2, 0.25) is 0 Å². The summed E-state index contributed by atoms with van der Waals surface area (Å²) >= 11 is 5.40. The van der Waals surface area contributed by atoms with E-state index in [9.17, 15) is 0 Å². The van der Waals surface area contributed by atoms with Gasteiger partial charge in [0.05, 0.1) is 9.26 Å². The van der Waals surface area contributed by atoms with E-state index in [-0.39, 0.29) is 0 Å². The van der Waals surface area contributed by atoms with Gasteiger partial charge in [0.15, 0.2) is 16.3 Å². The maximum absolute atomic E-state index is 5.83. The van der Waals surface area contributed by atoms with E-state index in [0.29, 0.717) is 22.1 Å². The quantitative estimate of drug-likeness (QED) is 0.795. The van der Waals surface area contributed by atoms with Crippen LogP contribution in [0.25, 0.3) is 11.6 Å². The van der Waals surface area contributed by atoms with Gasteiger partial charge in [0, 0.05) is 0 Å². The fraction of sp³-hybridized carbons (Fsp3) is 0.200. The molecule has 0 saturated heterocycles. The Morgan fingerprint density at radius 2 is 2.19 bits per heavy atom. The van der Waals surface area contributed by atoms with Gasteiger partial charge in [0.2, 0.25) is 0 Å². The van der Waals surface area contributed by atoms with E-state index in [1.165, 1.54) is 0 Å². The summed E-state index contributed by atoms with van der Waals surface area (Å²) in [6.07, 6.45) is 0.819. The van der Waals surface area contributed by atoms with E-state index < -0.39 is 0 Å². The molecule has 2 N–H and O–H groups in total. The molecule has 0 aliphatic carbocycles. The van der Waals surface area contributed by atoms with E-state index >= 15 is 0 Å². The van der Waals surface area contributed by atoms with Crippen molar-refractivity contribution in [2.45, 2.75) is 13.3 Å². The highest BCUT2D eigenvalue weighted by molar-refractivity contribution is 14.1.